The van der Waals surface area contributed by atoms with E-state index in [1.54, 1.807) is 6.07 Å². The number of hydrogen-bond donors (Lipinski definition) is 1. The fraction of sp³-hybridized carbons (Fsp3) is 0.167. The number of esters is 1. The van der Waals surface area contributed by atoms with Crippen LogP contribution in [0.4, 0.5) is 5.69 Å². The number of carbonyl (C=O) groups is 2. The molecular formula is C24H23NO5. The first-order valence-electron chi connectivity index (χ1n) is 9.41. The van der Waals surface area contributed by atoms with Crippen molar-refractivity contribution in [3.63, 3.8) is 0 Å². The molecule has 0 fully saturated rings. The zero-order chi connectivity index (χ0) is 21.5. The summed E-state index contributed by atoms with van der Waals surface area (Å²) in [5, 5.41) is 2.85. The molecule has 0 unspecified atom stereocenters. The Morgan fingerprint density at radius 3 is 2.07 bits per heavy atom. The number of ether oxygens (including phenoxy) is 3. The number of para-hydroxylation sites is 1. The lowest BCUT2D eigenvalue weighted by Crippen LogP contribution is -2.30. The highest BCUT2D eigenvalue weighted by molar-refractivity contribution is 6.00. The number of nitrogens with one attached hydrogen (secondary N) is 1. The van der Waals surface area contributed by atoms with E-state index in [4.69, 9.17) is 14.2 Å². The Labute approximate surface area is 175 Å². The quantitative estimate of drug-likeness (QED) is 0.584. The van der Waals surface area contributed by atoms with Crippen LogP contribution in [0.1, 0.15) is 17.3 Å². The van der Waals surface area contributed by atoms with Gasteiger partial charge in [0.1, 0.15) is 11.5 Å². The van der Waals surface area contributed by atoms with E-state index in [0.29, 0.717) is 17.2 Å². The number of amides is 1. The molecular weight excluding hydrogens is 382 g/mol. The third-order valence-electron chi connectivity index (χ3n) is 4.51. The van der Waals surface area contributed by atoms with Crippen LogP contribution in [0.2, 0.25) is 0 Å². The van der Waals surface area contributed by atoms with Crippen LogP contribution in [0.15, 0.2) is 72.8 Å². The molecule has 3 aromatic rings. The van der Waals surface area contributed by atoms with Gasteiger partial charge in [-0.25, -0.2) is 4.79 Å². The van der Waals surface area contributed by atoms with E-state index in [1.807, 2.05) is 54.6 Å². The van der Waals surface area contributed by atoms with Crippen LogP contribution in [-0.2, 0) is 9.53 Å². The molecule has 0 aromatic heterocycles. The summed E-state index contributed by atoms with van der Waals surface area (Å²) in [4.78, 5) is 25.2. The predicted molar refractivity (Wildman–Crippen MR) is 115 cm³/mol. The molecule has 154 valence electrons. The Balaban J connectivity index is 1.73. The molecule has 6 heteroatoms. The second-order valence-electron chi connectivity index (χ2n) is 6.55. The van der Waals surface area contributed by atoms with Crippen LogP contribution in [0, 0.1) is 0 Å². The van der Waals surface area contributed by atoms with Gasteiger partial charge in [-0.2, -0.15) is 0 Å². The van der Waals surface area contributed by atoms with Crippen molar-refractivity contribution >= 4 is 17.6 Å². The standard InChI is InChI=1S/C24H23NO5/c1-16(30-24(27)18-13-19(28-2)15-20(14-18)29-3)23(26)25-22-12-8-7-11-21(22)17-9-5-4-6-10-17/h4-16H,1-3H3,(H,25,26)/t16-/m0/s1. The average molecular weight is 405 g/mol. The number of benzene rings is 3. The Bertz CT molecular complexity index is 1010. The molecule has 0 aliphatic carbocycles. The topological polar surface area (TPSA) is 73.9 Å². The van der Waals surface area contributed by atoms with Gasteiger partial charge >= 0.3 is 5.97 Å². The van der Waals surface area contributed by atoms with Gasteiger partial charge in [0.15, 0.2) is 6.10 Å². The third-order valence-corrected chi connectivity index (χ3v) is 4.51. The lowest BCUT2D eigenvalue weighted by molar-refractivity contribution is -0.123. The maximum atomic E-state index is 12.7. The summed E-state index contributed by atoms with van der Waals surface area (Å²) in [5.41, 5.74) is 2.72. The highest BCUT2D eigenvalue weighted by Gasteiger charge is 2.21. The molecule has 3 rings (SSSR count). The van der Waals surface area contributed by atoms with Crippen molar-refractivity contribution in [1.82, 2.24) is 0 Å². The maximum absolute atomic E-state index is 12.7. The molecule has 0 radical (unpaired) electrons. The van der Waals surface area contributed by atoms with Gasteiger partial charge in [0.2, 0.25) is 0 Å². The van der Waals surface area contributed by atoms with Crippen molar-refractivity contribution in [3.05, 3.63) is 78.4 Å². The van der Waals surface area contributed by atoms with E-state index >= 15 is 0 Å². The summed E-state index contributed by atoms with van der Waals surface area (Å²) in [5.74, 6) is -0.168. The molecule has 0 saturated carbocycles. The lowest BCUT2D eigenvalue weighted by Gasteiger charge is -2.16. The van der Waals surface area contributed by atoms with Gasteiger partial charge in [0.05, 0.1) is 19.8 Å². The highest BCUT2D eigenvalue weighted by Crippen LogP contribution is 2.28. The normalized spacial score (nSPS) is 11.3. The van der Waals surface area contributed by atoms with Gasteiger partial charge in [-0.1, -0.05) is 48.5 Å². The maximum Gasteiger partial charge on any atom is 0.339 e. The Kier molecular flexibility index (Phi) is 6.70. The molecule has 30 heavy (non-hydrogen) atoms. The Morgan fingerprint density at radius 2 is 1.43 bits per heavy atom. The molecule has 1 atom stereocenters. The van der Waals surface area contributed by atoms with Crippen LogP contribution in [0.3, 0.4) is 0 Å². The van der Waals surface area contributed by atoms with Crippen LogP contribution >= 0.6 is 0 Å². The smallest absolute Gasteiger partial charge is 0.339 e. The van der Waals surface area contributed by atoms with E-state index in [-0.39, 0.29) is 5.56 Å². The predicted octanol–water partition coefficient (Wildman–Crippen LogP) is 4.55. The molecule has 0 aliphatic rings. The average Bonchev–Trinajstić information content (AvgIpc) is 2.79. The SMILES string of the molecule is COc1cc(OC)cc(C(=O)O[C@@H](C)C(=O)Nc2ccccc2-c2ccccc2)c1. The first-order chi connectivity index (χ1) is 14.5. The Hall–Kier alpha value is -3.80. The van der Waals surface area contributed by atoms with E-state index in [1.165, 1.54) is 33.3 Å². The summed E-state index contributed by atoms with van der Waals surface area (Å²) in [6.45, 7) is 1.52. The van der Waals surface area contributed by atoms with Crippen molar-refractivity contribution in [2.75, 3.05) is 19.5 Å². The van der Waals surface area contributed by atoms with Crippen LogP contribution < -0.4 is 14.8 Å². The van der Waals surface area contributed by atoms with Crippen molar-refractivity contribution in [1.29, 1.82) is 0 Å². The Morgan fingerprint density at radius 1 is 0.833 bits per heavy atom. The van der Waals surface area contributed by atoms with Crippen LogP contribution in [-0.4, -0.2) is 32.2 Å². The summed E-state index contributed by atoms with van der Waals surface area (Å²) in [6, 6.07) is 21.9. The zero-order valence-electron chi connectivity index (χ0n) is 17.0. The second-order valence-corrected chi connectivity index (χ2v) is 6.55. The summed E-state index contributed by atoms with van der Waals surface area (Å²) < 4.78 is 15.7. The molecule has 6 nitrogen and oxygen atoms in total. The minimum absolute atomic E-state index is 0.232. The van der Waals surface area contributed by atoms with Gasteiger partial charge < -0.3 is 19.5 Å². The largest absolute Gasteiger partial charge is 0.497 e. The molecule has 1 amide bonds. The molecule has 0 heterocycles. The third kappa shape index (κ3) is 4.97. The number of anilines is 1. The lowest BCUT2D eigenvalue weighted by atomic mass is 10.0. The number of hydrogen-bond acceptors (Lipinski definition) is 5. The van der Waals surface area contributed by atoms with Gasteiger partial charge in [-0.05, 0) is 30.7 Å². The van der Waals surface area contributed by atoms with Crippen molar-refractivity contribution < 1.29 is 23.8 Å². The van der Waals surface area contributed by atoms with Crippen LogP contribution in [0.25, 0.3) is 11.1 Å². The van der Waals surface area contributed by atoms with E-state index in [9.17, 15) is 9.59 Å². The van der Waals surface area contributed by atoms with E-state index in [2.05, 4.69) is 5.32 Å². The number of methoxy groups -OCH3 is 2. The molecule has 0 spiro atoms. The van der Waals surface area contributed by atoms with Gasteiger partial charge in [0, 0.05) is 17.3 Å². The second kappa shape index (κ2) is 9.60. The summed E-state index contributed by atoms with van der Waals surface area (Å²) in [7, 11) is 2.98. The number of rotatable bonds is 7. The molecule has 0 saturated heterocycles. The van der Waals surface area contributed by atoms with Gasteiger partial charge in [-0.3, -0.25) is 4.79 Å². The highest BCUT2D eigenvalue weighted by atomic mass is 16.5. The summed E-state index contributed by atoms with van der Waals surface area (Å²) in [6.07, 6.45) is -1.00. The zero-order valence-corrected chi connectivity index (χ0v) is 17.0. The fourth-order valence-corrected chi connectivity index (χ4v) is 2.90. The van der Waals surface area contributed by atoms with E-state index < -0.39 is 18.0 Å². The first-order valence-corrected chi connectivity index (χ1v) is 9.41. The van der Waals surface area contributed by atoms with Crippen LogP contribution in [0.5, 0.6) is 11.5 Å². The van der Waals surface area contributed by atoms with E-state index in [0.717, 1.165) is 11.1 Å². The minimum Gasteiger partial charge on any atom is -0.497 e. The van der Waals surface area contributed by atoms with Crippen molar-refractivity contribution in [2.45, 2.75) is 13.0 Å². The molecule has 3 aromatic carbocycles. The molecule has 1 N–H and O–H groups in total. The van der Waals surface area contributed by atoms with Gasteiger partial charge in [0.25, 0.3) is 5.91 Å². The first kappa shape index (κ1) is 20.9. The van der Waals surface area contributed by atoms with Crippen molar-refractivity contribution in [2.24, 2.45) is 0 Å². The summed E-state index contributed by atoms with van der Waals surface area (Å²) >= 11 is 0. The fourth-order valence-electron chi connectivity index (χ4n) is 2.90. The minimum atomic E-state index is -1.00. The van der Waals surface area contributed by atoms with Crippen molar-refractivity contribution in [3.8, 4) is 22.6 Å². The molecule has 0 aliphatic heterocycles. The van der Waals surface area contributed by atoms with Gasteiger partial charge in [-0.15, -0.1) is 0 Å². The molecule has 0 bridgehead atoms. The number of carbonyl (C=O) groups excluding carboxylic acids is 2. The monoisotopic (exact) mass is 405 g/mol.